The number of imide groups is 1. The molecule has 1 fully saturated rings. The van der Waals surface area contributed by atoms with Gasteiger partial charge >= 0.3 is 6.09 Å². The number of carbonyl (C=O) groups excluding carboxylic acids is 2. The van der Waals surface area contributed by atoms with Gasteiger partial charge in [-0.1, -0.05) is 25.1 Å². The van der Waals surface area contributed by atoms with Gasteiger partial charge in [-0.3, -0.25) is 10.1 Å². The molecule has 0 spiro atoms. The summed E-state index contributed by atoms with van der Waals surface area (Å²) in [5.74, 6) is -0.129. The van der Waals surface area contributed by atoms with E-state index in [0.717, 1.165) is 12.8 Å². The van der Waals surface area contributed by atoms with Gasteiger partial charge < -0.3 is 10.1 Å². The zero-order valence-corrected chi connectivity index (χ0v) is 10.7. The van der Waals surface area contributed by atoms with Crippen molar-refractivity contribution in [3.63, 3.8) is 0 Å². The van der Waals surface area contributed by atoms with Crippen molar-refractivity contribution in [2.24, 2.45) is 5.41 Å². The Morgan fingerprint density at radius 2 is 1.95 bits per heavy atom. The second kappa shape index (κ2) is 5.22. The molecule has 100 valence electrons. The predicted molar refractivity (Wildman–Crippen MR) is 70.3 cm³/mol. The predicted octanol–water partition coefficient (Wildman–Crippen LogP) is 2.51. The minimum Gasteiger partial charge on any atom is -0.410 e. The zero-order chi connectivity index (χ0) is 13.9. The summed E-state index contributed by atoms with van der Waals surface area (Å²) in [5, 5.41) is 9.90. The van der Waals surface area contributed by atoms with Gasteiger partial charge in [-0.05, 0) is 25.0 Å². The van der Waals surface area contributed by atoms with Crippen molar-refractivity contribution in [1.29, 1.82) is 5.41 Å². The maximum Gasteiger partial charge on any atom is 0.419 e. The maximum absolute atomic E-state index is 11.6. The van der Waals surface area contributed by atoms with E-state index in [4.69, 9.17) is 10.1 Å². The van der Waals surface area contributed by atoms with Crippen LogP contribution in [0.4, 0.5) is 4.79 Å². The number of amides is 2. The molecule has 0 aliphatic heterocycles. The average Bonchev–Trinajstić information content (AvgIpc) is 3.09. The van der Waals surface area contributed by atoms with Crippen LogP contribution >= 0.6 is 0 Å². The van der Waals surface area contributed by atoms with Crippen LogP contribution in [0.25, 0.3) is 0 Å². The smallest absolute Gasteiger partial charge is 0.410 e. The van der Waals surface area contributed by atoms with Gasteiger partial charge in [0.05, 0.1) is 6.42 Å². The van der Waals surface area contributed by atoms with E-state index in [0.29, 0.717) is 11.5 Å². The molecule has 0 unspecified atom stereocenters. The number of hydrogen-bond donors (Lipinski definition) is 2. The number of rotatable bonds is 4. The molecule has 0 aromatic heterocycles. The normalized spacial score (nSPS) is 15.4. The number of nitrogens with one attached hydrogen (secondary N) is 2. The first-order valence-corrected chi connectivity index (χ1v) is 6.14. The fraction of sp³-hybridized carbons (Fsp3) is 0.357. The molecule has 1 aromatic rings. The number of benzene rings is 1. The highest BCUT2D eigenvalue weighted by atomic mass is 16.6. The molecular weight excluding hydrogens is 244 g/mol. The van der Waals surface area contributed by atoms with Crippen molar-refractivity contribution in [2.75, 3.05) is 0 Å². The molecule has 5 nitrogen and oxygen atoms in total. The molecule has 0 radical (unpaired) electrons. The molecule has 2 N–H and O–H groups in total. The third kappa shape index (κ3) is 3.64. The van der Waals surface area contributed by atoms with Crippen LogP contribution in [-0.4, -0.2) is 17.7 Å². The van der Waals surface area contributed by atoms with Gasteiger partial charge in [0.2, 0.25) is 5.91 Å². The largest absolute Gasteiger partial charge is 0.419 e. The third-order valence-electron chi connectivity index (χ3n) is 3.26. The molecule has 0 saturated heterocycles. The summed E-state index contributed by atoms with van der Waals surface area (Å²) in [5.41, 5.74) is 0.234. The Kier molecular flexibility index (Phi) is 3.64. The van der Waals surface area contributed by atoms with Gasteiger partial charge in [-0.15, -0.1) is 0 Å². The van der Waals surface area contributed by atoms with Crippen LogP contribution in [0.2, 0.25) is 0 Å². The Morgan fingerprint density at radius 3 is 2.53 bits per heavy atom. The van der Waals surface area contributed by atoms with Crippen LogP contribution < -0.4 is 10.1 Å². The summed E-state index contributed by atoms with van der Waals surface area (Å²) >= 11 is 0. The van der Waals surface area contributed by atoms with Crippen molar-refractivity contribution in [1.82, 2.24) is 5.32 Å². The van der Waals surface area contributed by atoms with Crippen LogP contribution in [0.5, 0.6) is 5.75 Å². The molecule has 2 rings (SSSR count). The van der Waals surface area contributed by atoms with Crippen molar-refractivity contribution < 1.29 is 14.3 Å². The summed E-state index contributed by atoms with van der Waals surface area (Å²) in [6, 6.07) is 8.50. The third-order valence-corrected chi connectivity index (χ3v) is 3.26. The second-order valence-corrected chi connectivity index (χ2v) is 4.97. The maximum atomic E-state index is 11.6. The molecular formula is C14H16N2O3. The SMILES string of the molecule is CC1(C(=N)CC(=O)NC(=O)Oc2ccccc2)CC1. The summed E-state index contributed by atoms with van der Waals surface area (Å²) in [6.45, 7) is 1.95. The van der Waals surface area contributed by atoms with Gasteiger partial charge in [-0.25, -0.2) is 4.79 Å². The van der Waals surface area contributed by atoms with Crippen molar-refractivity contribution in [2.45, 2.75) is 26.2 Å². The van der Waals surface area contributed by atoms with Crippen LogP contribution in [0.15, 0.2) is 30.3 Å². The lowest BCUT2D eigenvalue weighted by molar-refractivity contribution is -0.119. The minimum absolute atomic E-state index is 0.0552. The molecule has 19 heavy (non-hydrogen) atoms. The first-order chi connectivity index (χ1) is 8.99. The highest BCUT2D eigenvalue weighted by molar-refractivity contribution is 6.07. The van der Waals surface area contributed by atoms with Crippen molar-refractivity contribution >= 4 is 17.7 Å². The fourth-order valence-electron chi connectivity index (χ4n) is 1.64. The monoisotopic (exact) mass is 260 g/mol. The van der Waals surface area contributed by atoms with E-state index >= 15 is 0 Å². The summed E-state index contributed by atoms with van der Waals surface area (Å²) in [6.07, 6.45) is 1.01. The zero-order valence-electron chi connectivity index (χ0n) is 10.7. The first-order valence-electron chi connectivity index (χ1n) is 6.14. The number of hydrogen-bond acceptors (Lipinski definition) is 4. The van der Waals surface area contributed by atoms with Crippen LogP contribution in [0.3, 0.4) is 0 Å². The van der Waals surface area contributed by atoms with E-state index in [1.165, 1.54) is 0 Å². The van der Waals surface area contributed by atoms with E-state index in [-0.39, 0.29) is 11.8 Å². The number of ether oxygens (including phenoxy) is 1. The van der Waals surface area contributed by atoms with Crippen LogP contribution in [0.1, 0.15) is 26.2 Å². The summed E-state index contributed by atoms with van der Waals surface area (Å²) in [7, 11) is 0. The lowest BCUT2D eigenvalue weighted by Crippen LogP contribution is -2.35. The quantitative estimate of drug-likeness (QED) is 0.816. The highest BCUT2D eigenvalue weighted by Gasteiger charge is 2.42. The minimum atomic E-state index is -0.815. The highest BCUT2D eigenvalue weighted by Crippen LogP contribution is 2.46. The van der Waals surface area contributed by atoms with E-state index < -0.39 is 12.0 Å². The van der Waals surface area contributed by atoms with Gasteiger partial charge in [0.1, 0.15) is 5.75 Å². The summed E-state index contributed by atoms with van der Waals surface area (Å²) < 4.78 is 4.93. The molecule has 5 heteroatoms. The second-order valence-electron chi connectivity index (χ2n) is 4.97. The topological polar surface area (TPSA) is 79.3 Å². The van der Waals surface area contributed by atoms with Gasteiger partial charge in [0.15, 0.2) is 0 Å². The fourth-order valence-corrected chi connectivity index (χ4v) is 1.64. The number of para-hydroxylation sites is 1. The Morgan fingerprint density at radius 1 is 1.32 bits per heavy atom. The van der Waals surface area contributed by atoms with E-state index in [1.54, 1.807) is 30.3 Å². The Hall–Kier alpha value is -2.17. The number of carbonyl (C=O) groups is 2. The van der Waals surface area contributed by atoms with Gasteiger partial charge in [-0.2, -0.15) is 0 Å². The lowest BCUT2D eigenvalue weighted by Gasteiger charge is -2.10. The van der Waals surface area contributed by atoms with E-state index in [1.807, 2.05) is 6.92 Å². The van der Waals surface area contributed by atoms with Crippen molar-refractivity contribution in [3.05, 3.63) is 30.3 Å². The molecule has 1 aliphatic rings. The van der Waals surface area contributed by atoms with Gasteiger partial charge in [0.25, 0.3) is 0 Å². The Bertz CT molecular complexity index is 507. The average molecular weight is 260 g/mol. The van der Waals surface area contributed by atoms with Gasteiger partial charge in [0, 0.05) is 11.1 Å². The molecule has 0 heterocycles. The molecule has 1 aliphatic carbocycles. The molecule has 0 atom stereocenters. The molecule has 2 amide bonds. The Labute approximate surface area is 111 Å². The Balaban J connectivity index is 1.79. The summed E-state index contributed by atoms with van der Waals surface area (Å²) in [4.78, 5) is 23.0. The lowest BCUT2D eigenvalue weighted by atomic mass is 10.00. The van der Waals surface area contributed by atoms with Crippen LogP contribution in [-0.2, 0) is 4.79 Å². The van der Waals surface area contributed by atoms with Crippen LogP contribution in [0, 0.1) is 10.8 Å². The van der Waals surface area contributed by atoms with E-state index in [9.17, 15) is 9.59 Å². The first kappa shape index (κ1) is 13.3. The molecule has 1 saturated carbocycles. The standard InChI is InChI=1S/C14H16N2O3/c1-14(7-8-14)11(15)9-12(17)16-13(18)19-10-5-3-2-4-6-10/h2-6,15H,7-9H2,1H3,(H,16,17,18). The molecule has 0 bridgehead atoms. The molecule has 1 aromatic carbocycles. The van der Waals surface area contributed by atoms with Crippen molar-refractivity contribution in [3.8, 4) is 5.75 Å². The van der Waals surface area contributed by atoms with E-state index in [2.05, 4.69) is 5.32 Å².